The molecule has 0 aromatic heterocycles. The fraction of sp³-hybridized carbons (Fsp3) is 0.360. The number of carbonyl (C=O) groups excluding carboxylic acids is 2. The van der Waals surface area contributed by atoms with E-state index in [9.17, 15) is 9.59 Å². The number of carbonyl (C=O) groups is 2. The Bertz CT molecular complexity index is 920. The Kier molecular flexibility index (Phi) is 10.2. The van der Waals surface area contributed by atoms with E-state index in [-0.39, 0.29) is 25.0 Å². The van der Waals surface area contributed by atoms with Crippen molar-refractivity contribution in [3.8, 4) is 17.2 Å². The van der Waals surface area contributed by atoms with Crippen LogP contribution in [0.2, 0.25) is 0 Å². The summed E-state index contributed by atoms with van der Waals surface area (Å²) in [4.78, 5) is 23.7. The number of methoxy groups -OCH3 is 2. The first-order valence-electron chi connectivity index (χ1n) is 10.7. The second-order valence-corrected chi connectivity index (χ2v) is 7.45. The third-order valence-electron chi connectivity index (χ3n) is 5.10. The van der Waals surface area contributed by atoms with Crippen LogP contribution in [0.5, 0.6) is 17.2 Å². The Morgan fingerprint density at radius 1 is 0.970 bits per heavy atom. The average molecular weight is 457 g/mol. The monoisotopic (exact) mass is 456 g/mol. The van der Waals surface area contributed by atoms with Crippen molar-refractivity contribution in [2.24, 2.45) is 11.7 Å². The third kappa shape index (κ3) is 8.50. The van der Waals surface area contributed by atoms with Gasteiger partial charge in [-0.3, -0.25) is 4.79 Å². The molecule has 0 aliphatic carbocycles. The molecule has 0 fully saturated rings. The van der Waals surface area contributed by atoms with Gasteiger partial charge in [-0.15, -0.1) is 0 Å². The molecule has 0 saturated heterocycles. The summed E-state index contributed by atoms with van der Waals surface area (Å²) in [6, 6.07) is 12.0. The summed E-state index contributed by atoms with van der Waals surface area (Å²) in [5.41, 5.74) is 7.69. The highest BCUT2D eigenvalue weighted by atomic mass is 16.7. The number of hydrogen-bond acceptors (Lipinski definition) is 7. The lowest BCUT2D eigenvalue weighted by Crippen LogP contribution is -2.45. The molecular formula is C25H32N2O6. The largest absolute Gasteiger partial charge is 0.513 e. The van der Waals surface area contributed by atoms with Crippen molar-refractivity contribution in [3.05, 3.63) is 53.6 Å². The molecule has 2 unspecified atom stereocenters. The van der Waals surface area contributed by atoms with E-state index in [0.717, 1.165) is 17.5 Å². The molecule has 2 rings (SSSR count). The molecule has 0 aliphatic heterocycles. The van der Waals surface area contributed by atoms with E-state index in [2.05, 4.69) is 5.32 Å². The van der Waals surface area contributed by atoms with Gasteiger partial charge in [-0.1, -0.05) is 44.6 Å². The Balaban J connectivity index is 1.80. The van der Waals surface area contributed by atoms with E-state index in [4.69, 9.17) is 24.7 Å². The van der Waals surface area contributed by atoms with Crippen LogP contribution in [0.15, 0.2) is 42.5 Å². The van der Waals surface area contributed by atoms with Crippen LogP contribution in [0.3, 0.4) is 0 Å². The molecular weight excluding hydrogens is 424 g/mol. The number of benzene rings is 2. The average Bonchev–Trinajstić information content (AvgIpc) is 2.84. The molecule has 1 amide bonds. The van der Waals surface area contributed by atoms with Gasteiger partial charge in [-0.25, -0.2) is 4.79 Å². The Morgan fingerprint density at radius 2 is 1.58 bits per heavy atom. The van der Waals surface area contributed by atoms with Crippen LogP contribution in [-0.4, -0.2) is 45.5 Å². The van der Waals surface area contributed by atoms with Crippen molar-refractivity contribution in [2.75, 3.05) is 27.4 Å². The van der Waals surface area contributed by atoms with Gasteiger partial charge in [0, 0.05) is 6.07 Å². The fourth-order valence-corrected chi connectivity index (χ4v) is 2.83. The summed E-state index contributed by atoms with van der Waals surface area (Å²) in [7, 11) is 3.21. The lowest BCUT2D eigenvalue weighted by atomic mass is 9.99. The van der Waals surface area contributed by atoms with Gasteiger partial charge < -0.3 is 30.0 Å². The summed E-state index contributed by atoms with van der Waals surface area (Å²) in [5.74, 6) is 1.57. The first-order chi connectivity index (χ1) is 15.9. The molecule has 2 atom stereocenters. The van der Waals surface area contributed by atoms with E-state index < -0.39 is 12.2 Å². The van der Waals surface area contributed by atoms with E-state index in [1.54, 1.807) is 32.4 Å². The molecule has 8 nitrogen and oxygen atoms in total. The molecule has 0 radical (unpaired) electrons. The number of ether oxygens (including phenoxy) is 4. The lowest BCUT2D eigenvalue weighted by molar-refractivity contribution is -0.123. The molecule has 2 aromatic carbocycles. The topological polar surface area (TPSA) is 109 Å². The minimum Gasteiger partial charge on any atom is -0.497 e. The van der Waals surface area contributed by atoms with Gasteiger partial charge in [-0.2, -0.15) is 0 Å². The second kappa shape index (κ2) is 13.1. The fourth-order valence-electron chi connectivity index (χ4n) is 2.83. The van der Waals surface area contributed by atoms with Crippen LogP contribution in [0.25, 0.3) is 12.2 Å². The van der Waals surface area contributed by atoms with Crippen molar-refractivity contribution in [1.82, 2.24) is 5.32 Å². The second-order valence-electron chi connectivity index (χ2n) is 7.45. The van der Waals surface area contributed by atoms with Gasteiger partial charge in [0.1, 0.15) is 23.9 Å². The van der Waals surface area contributed by atoms with Crippen LogP contribution < -0.4 is 25.3 Å². The summed E-state index contributed by atoms with van der Waals surface area (Å²) in [5, 5.41) is 2.65. The van der Waals surface area contributed by atoms with Crippen molar-refractivity contribution in [3.63, 3.8) is 0 Å². The summed E-state index contributed by atoms with van der Waals surface area (Å²) in [6.45, 7) is 4.03. The highest BCUT2D eigenvalue weighted by Gasteiger charge is 2.18. The van der Waals surface area contributed by atoms with Gasteiger partial charge in [0.2, 0.25) is 5.91 Å². The van der Waals surface area contributed by atoms with Gasteiger partial charge in [0.05, 0.1) is 26.8 Å². The molecule has 3 N–H and O–H groups in total. The van der Waals surface area contributed by atoms with Gasteiger partial charge >= 0.3 is 6.16 Å². The van der Waals surface area contributed by atoms with E-state index in [0.29, 0.717) is 17.2 Å². The normalized spacial score (nSPS) is 12.6. The maximum atomic E-state index is 11.9. The number of hydrogen-bond donors (Lipinski definition) is 2. The molecule has 0 bridgehead atoms. The van der Waals surface area contributed by atoms with Gasteiger partial charge in [0.15, 0.2) is 0 Å². The molecule has 178 valence electrons. The standard InChI is InChI=1S/C25H32N2O6/c1-5-17(2)23(26)24(28)27-12-13-32-25(29)33-20-10-8-18(9-11-20)6-7-19-14-21(30-3)16-22(15-19)31-4/h6-11,14-17,23H,5,12-13,26H2,1-4H3,(H,27,28). The highest BCUT2D eigenvalue weighted by Crippen LogP contribution is 2.24. The van der Waals surface area contributed by atoms with E-state index in [1.165, 1.54) is 0 Å². The first-order valence-corrected chi connectivity index (χ1v) is 10.7. The van der Waals surface area contributed by atoms with Gasteiger partial charge in [-0.05, 0) is 41.3 Å². The van der Waals surface area contributed by atoms with E-state index >= 15 is 0 Å². The third-order valence-corrected chi connectivity index (χ3v) is 5.10. The number of nitrogens with one attached hydrogen (secondary N) is 1. The minimum atomic E-state index is -0.845. The first kappa shape index (κ1) is 25.7. The Hall–Kier alpha value is -3.52. The SMILES string of the molecule is CCC(C)C(N)C(=O)NCCOC(=O)Oc1ccc(C=Cc2cc(OC)cc(OC)c2)cc1. The zero-order chi connectivity index (χ0) is 24.2. The Labute approximate surface area is 194 Å². The van der Waals surface area contributed by atoms with Crippen molar-refractivity contribution < 1.29 is 28.5 Å². The van der Waals surface area contributed by atoms with Gasteiger partial charge in [0.25, 0.3) is 0 Å². The molecule has 0 saturated carbocycles. The predicted molar refractivity (Wildman–Crippen MR) is 127 cm³/mol. The van der Waals surface area contributed by atoms with Crippen molar-refractivity contribution >= 4 is 24.2 Å². The number of amides is 1. The van der Waals surface area contributed by atoms with Crippen LogP contribution in [0.4, 0.5) is 4.79 Å². The lowest BCUT2D eigenvalue weighted by Gasteiger charge is -2.17. The molecule has 33 heavy (non-hydrogen) atoms. The van der Waals surface area contributed by atoms with Crippen LogP contribution in [0, 0.1) is 5.92 Å². The summed E-state index contributed by atoms with van der Waals surface area (Å²) < 4.78 is 20.7. The minimum absolute atomic E-state index is 0.0113. The number of nitrogens with two attached hydrogens (primary N) is 1. The summed E-state index contributed by atoms with van der Waals surface area (Å²) >= 11 is 0. The maximum absolute atomic E-state index is 11.9. The molecule has 0 aliphatic rings. The van der Waals surface area contributed by atoms with Crippen molar-refractivity contribution in [1.29, 1.82) is 0 Å². The Morgan fingerprint density at radius 3 is 2.15 bits per heavy atom. The van der Waals surface area contributed by atoms with Crippen LogP contribution in [0.1, 0.15) is 31.4 Å². The highest BCUT2D eigenvalue weighted by molar-refractivity contribution is 5.81. The molecule has 0 spiro atoms. The number of rotatable bonds is 11. The molecule has 2 aromatic rings. The van der Waals surface area contributed by atoms with E-state index in [1.807, 2.05) is 50.3 Å². The zero-order valence-corrected chi connectivity index (χ0v) is 19.5. The zero-order valence-electron chi connectivity index (χ0n) is 19.5. The van der Waals surface area contributed by atoms with Crippen LogP contribution in [-0.2, 0) is 9.53 Å². The smallest absolute Gasteiger partial charge is 0.497 e. The van der Waals surface area contributed by atoms with Crippen LogP contribution >= 0.6 is 0 Å². The molecule has 0 heterocycles. The maximum Gasteiger partial charge on any atom is 0.513 e. The van der Waals surface area contributed by atoms with Crippen molar-refractivity contribution in [2.45, 2.75) is 26.3 Å². The predicted octanol–water partition coefficient (Wildman–Crippen LogP) is 3.88. The molecule has 8 heteroatoms. The summed E-state index contributed by atoms with van der Waals surface area (Å²) in [6.07, 6.45) is 3.81. The quantitative estimate of drug-likeness (QED) is 0.229.